The topological polar surface area (TPSA) is 29.5 Å². The first-order chi connectivity index (χ1) is 12.2. The molecule has 0 amide bonds. The van der Waals surface area contributed by atoms with E-state index < -0.39 is 0 Å². The highest BCUT2D eigenvalue weighted by molar-refractivity contribution is 8.00. The molecule has 2 unspecified atom stereocenters. The van der Waals surface area contributed by atoms with Crippen LogP contribution in [0.25, 0.3) is 0 Å². The van der Waals surface area contributed by atoms with Crippen LogP contribution in [0.2, 0.25) is 0 Å². The van der Waals surface area contributed by atoms with Crippen molar-refractivity contribution in [2.24, 2.45) is 22.2 Å². The summed E-state index contributed by atoms with van der Waals surface area (Å²) in [6, 6.07) is 3.99. The van der Waals surface area contributed by atoms with Crippen molar-refractivity contribution in [3.63, 3.8) is 0 Å². The van der Waals surface area contributed by atoms with Crippen molar-refractivity contribution in [3.05, 3.63) is 17.7 Å². The summed E-state index contributed by atoms with van der Waals surface area (Å²) >= 11 is 2.02. The lowest BCUT2D eigenvalue weighted by molar-refractivity contribution is -0.120. The van der Waals surface area contributed by atoms with Crippen molar-refractivity contribution >= 4 is 11.8 Å². The summed E-state index contributed by atoms with van der Waals surface area (Å²) in [5.41, 5.74) is 2.50. The maximum Gasteiger partial charge on any atom is 0.124 e. The van der Waals surface area contributed by atoms with Crippen LogP contribution in [0, 0.1) is 22.2 Å². The first kappa shape index (κ1) is 17.3. The number of fused-ring (bicyclic) bond motifs is 3. The Kier molecular flexibility index (Phi) is 3.29. The van der Waals surface area contributed by atoms with E-state index in [1.54, 1.807) is 7.11 Å². The Bertz CT molecular complexity index is 787. The molecule has 1 spiro atoms. The fourth-order valence-electron chi connectivity index (χ4n) is 8.05. The second-order valence-electron chi connectivity index (χ2n) is 10.5. The summed E-state index contributed by atoms with van der Waals surface area (Å²) in [6.45, 7) is 10.1. The molecule has 0 aromatic heterocycles. The lowest BCUT2D eigenvalue weighted by Gasteiger charge is -2.65. The van der Waals surface area contributed by atoms with Crippen molar-refractivity contribution in [2.75, 3.05) is 7.11 Å². The Balaban J connectivity index is 1.69. The monoisotopic (exact) mass is 372 g/mol. The first-order valence-corrected chi connectivity index (χ1v) is 11.2. The van der Waals surface area contributed by atoms with Crippen LogP contribution >= 0.6 is 11.8 Å². The molecule has 0 saturated heterocycles. The number of methoxy groups -OCH3 is 1. The van der Waals surface area contributed by atoms with Gasteiger partial charge in [0.25, 0.3) is 0 Å². The number of aromatic hydroxyl groups is 1. The predicted molar refractivity (Wildman–Crippen MR) is 107 cm³/mol. The van der Waals surface area contributed by atoms with Gasteiger partial charge in [0.1, 0.15) is 11.5 Å². The first-order valence-electron chi connectivity index (χ1n) is 10.3. The highest BCUT2D eigenvalue weighted by Crippen LogP contribution is 2.84. The van der Waals surface area contributed by atoms with E-state index in [4.69, 9.17) is 4.74 Å². The van der Waals surface area contributed by atoms with Crippen molar-refractivity contribution in [1.29, 1.82) is 0 Å². The van der Waals surface area contributed by atoms with Gasteiger partial charge < -0.3 is 9.84 Å². The Morgan fingerprint density at radius 3 is 2.62 bits per heavy atom. The zero-order valence-corrected chi connectivity index (χ0v) is 17.6. The van der Waals surface area contributed by atoms with Gasteiger partial charge in [0.2, 0.25) is 0 Å². The van der Waals surface area contributed by atoms with Gasteiger partial charge in [-0.2, -0.15) is 0 Å². The van der Waals surface area contributed by atoms with Gasteiger partial charge in [-0.05, 0) is 60.3 Å². The molecule has 3 fully saturated rings. The number of rotatable bonds is 1. The maximum absolute atomic E-state index is 11.0. The molecule has 5 atom stereocenters. The van der Waals surface area contributed by atoms with Crippen LogP contribution in [0.3, 0.4) is 0 Å². The zero-order valence-electron chi connectivity index (χ0n) is 16.8. The maximum atomic E-state index is 11.0. The third kappa shape index (κ3) is 1.77. The fourth-order valence-corrected chi connectivity index (χ4v) is 10.1. The summed E-state index contributed by atoms with van der Waals surface area (Å²) in [6.07, 6.45) is 7.91. The number of ether oxygens (including phenoxy) is 1. The summed E-state index contributed by atoms with van der Waals surface area (Å²) in [4.78, 5) is 1.26. The predicted octanol–water partition coefficient (Wildman–Crippen LogP) is 6.15. The molecule has 1 aromatic rings. The molecular weight excluding hydrogens is 340 g/mol. The van der Waals surface area contributed by atoms with E-state index in [0.717, 1.165) is 11.7 Å². The molecular formula is C23H32O2S. The van der Waals surface area contributed by atoms with E-state index >= 15 is 0 Å². The Hall–Kier alpha value is -0.830. The van der Waals surface area contributed by atoms with Crippen molar-refractivity contribution in [3.8, 4) is 11.5 Å². The quantitative estimate of drug-likeness (QED) is 0.641. The van der Waals surface area contributed by atoms with Gasteiger partial charge in [-0.15, -0.1) is 11.8 Å². The van der Waals surface area contributed by atoms with Gasteiger partial charge >= 0.3 is 0 Å². The van der Waals surface area contributed by atoms with Gasteiger partial charge in [0.15, 0.2) is 0 Å². The van der Waals surface area contributed by atoms with Gasteiger partial charge in [-0.3, -0.25) is 0 Å². The standard InChI is InChI=1S/C23H32O2S/c1-20(2)8-6-9-21(3)17(20)7-10-22(4)19-15(24)11-14(25-5)12-16(19)26-18-13-23(18,21)22/h11-12,17-18,24H,6-10,13H2,1-5H3/t17-,18?,21-,22-,23?/m0/s1. The molecule has 5 rings (SSSR count). The molecule has 0 radical (unpaired) electrons. The molecule has 1 aliphatic heterocycles. The molecule has 3 heteroatoms. The molecule has 3 aliphatic carbocycles. The van der Waals surface area contributed by atoms with Crippen molar-refractivity contribution < 1.29 is 9.84 Å². The van der Waals surface area contributed by atoms with Crippen LogP contribution in [0.4, 0.5) is 0 Å². The minimum atomic E-state index is 0.0906. The molecule has 26 heavy (non-hydrogen) atoms. The number of thioether (sulfide) groups is 1. The average molecular weight is 373 g/mol. The summed E-state index contributed by atoms with van der Waals surface area (Å²) < 4.78 is 5.44. The highest BCUT2D eigenvalue weighted by Gasteiger charge is 2.79. The Morgan fingerprint density at radius 2 is 1.88 bits per heavy atom. The molecule has 2 nitrogen and oxygen atoms in total. The lowest BCUT2D eigenvalue weighted by atomic mass is 9.40. The molecule has 3 saturated carbocycles. The van der Waals surface area contributed by atoms with Gasteiger partial charge in [-0.25, -0.2) is 0 Å². The molecule has 4 aliphatic rings. The van der Waals surface area contributed by atoms with E-state index in [-0.39, 0.29) is 5.41 Å². The van der Waals surface area contributed by atoms with E-state index in [9.17, 15) is 5.11 Å². The molecule has 1 aromatic carbocycles. The van der Waals surface area contributed by atoms with Crippen molar-refractivity contribution in [1.82, 2.24) is 0 Å². The number of phenols is 1. The zero-order chi connectivity index (χ0) is 18.5. The van der Waals surface area contributed by atoms with Crippen LogP contribution < -0.4 is 4.74 Å². The van der Waals surface area contributed by atoms with Crippen LogP contribution in [-0.2, 0) is 5.41 Å². The largest absolute Gasteiger partial charge is 0.507 e. The smallest absolute Gasteiger partial charge is 0.124 e. The number of hydrogen-bond donors (Lipinski definition) is 1. The van der Waals surface area contributed by atoms with E-state index in [1.165, 1.54) is 49.0 Å². The van der Waals surface area contributed by atoms with E-state index in [1.807, 2.05) is 17.8 Å². The second kappa shape index (κ2) is 4.96. The number of hydrogen-bond acceptors (Lipinski definition) is 3. The number of benzene rings is 1. The third-order valence-corrected chi connectivity index (χ3v) is 10.6. The van der Waals surface area contributed by atoms with Crippen LogP contribution in [0.15, 0.2) is 17.0 Å². The van der Waals surface area contributed by atoms with Crippen LogP contribution in [0.1, 0.15) is 71.8 Å². The van der Waals surface area contributed by atoms with Gasteiger partial charge in [-0.1, -0.05) is 34.1 Å². The summed E-state index contributed by atoms with van der Waals surface area (Å²) in [7, 11) is 1.69. The Morgan fingerprint density at radius 1 is 1.12 bits per heavy atom. The van der Waals surface area contributed by atoms with E-state index in [2.05, 4.69) is 33.8 Å². The summed E-state index contributed by atoms with van der Waals surface area (Å²) in [5, 5.41) is 11.7. The minimum absolute atomic E-state index is 0.0906. The molecule has 1 N–H and O–H groups in total. The van der Waals surface area contributed by atoms with Gasteiger partial charge in [0.05, 0.1) is 7.11 Å². The van der Waals surface area contributed by atoms with Crippen molar-refractivity contribution in [2.45, 2.75) is 81.8 Å². The Labute approximate surface area is 162 Å². The molecule has 0 bridgehead atoms. The molecule has 1 heterocycles. The average Bonchev–Trinajstić information content (AvgIpc) is 3.29. The summed E-state index contributed by atoms with van der Waals surface area (Å²) in [5.74, 6) is 2.05. The van der Waals surface area contributed by atoms with Crippen LogP contribution in [-0.4, -0.2) is 17.5 Å². The van der Waals surface area contributed by atoms with Crippen LogP contribution in [0.5, 0.6) is 11.5 Å². The van der Waals surface area contributed by atoms with E-state index in [0.29, 0.717) is 27.2 Å². The highest BCUT2D eigenvalue weighted by atomic mass is 32.2. The third-order valence-electron chi connectivity index (χ3n) is 9.17. The molecule has 142 valence electrons. The SMILES string of the molecule is COc1cc(O)c2c(c1)SC1CC13[C@@]2(C)CC[C@H]1C(C)(C)CCC[C@@]13C. The fraction of sp³-hybridized carbons (Fsp3) is 0.739. The normalized spacial score (nSPS) is 45.0. The number of phenolic OH excluding ortho intramolecular Hbond substituents is 1. The van der Waals surface area contributed by atoms with Gasteiger partial charge in [0, 0.05) is 27.2 Å². The second-order valence-corrected chi connectivity index (χ2v) is 11.7. The minimum Gasteiger partial charge on any atom is -0.507 e. The lowest BCUT2D eigenvalue weighted by Crippen LogP contribution is -2.59.